The minimum Gasteiger partial charge on any atom is -0.303 e. The maximum atomic E-state index is 11.4. The quantitative estimate of drug-likeness (QED) is 0.361. The molecule has 0 bridgehead atoms. The van der Waals surface area contributed by atoms with Gasteiger partial charge in [0.1, 0.15) is 13.2 Å². The summed E-state index contributed by atoms with van der Waals surface area (Å²) in [7, 11) is -2.73. The third kappa shape index (κ3) is 12.5. The molecule has 0 fully saturated rings. The average molecular weight is 306 g/mol. The Morgan fingerprint density at radius 1 is 0.800 bits per heavy atom. The van der Waals surface area contributed by atoms with Crippen molar-refractivity contribution in [2.75, 3.05) is 13.2 Å². The largest absolute Gasteiger partial charge is 0.319 e. The van der Waals surface area contributed by atoms with Gasteiger partial charge in [-0.25, -0.2) is 0 Å². The van der Waals surface area contributed by atoms with E-state index in [1.54, 1.807) is 0 Å². The summed E-state index contributed by atoms with van der Waals surface area (Å²) in [6.07, 6.45) is 6.65. The van der Waals surface area contributed by atoms with Crippen LogP contribution in [0.3, 0.4) is 0 Å². The third-order valence-electron chi connectivity index (χ3n) is 2.82. The van der Waals surface area contributed by atoms with Gasteiger partial charge in [-0.3, -0.25) is 14.2 Å². The molecule has 0 rings (SSSR count). The first-order valence-corrected chi connectivity index (χ1v) is 8.65. The summed E-state index contributed by atoms with van der Waals surface area (Å²) in [6.45, 7) is 3.74. The van der Waals surface area contributed by atoms with Crippen molar-refractivity contribution in [3.8, 4) is 0 Å². The molecule has 0 aliphatic rings. The van der Waals surface area contributed by atoms with Gasteiger partial charge in [-0.05, 0) is 12.8 Å². The normalized spacial score (nSPS) is 10.9. The van der Waals surface area contributed by atoms with E-state index < -0.39 is 8.25 Å². The Hall–Kier alpha value is -0.510. The number of carbonyl (C=O) groups is 2. The number of carbonyl (C=O) groups excluding carboxylic acids is 2. The van der Waals surface area contributed by atoms with E-state index >= 15 is 0 Å². The fourth-order valence-electron chi connectivity index (χ4n) is 1.61. The van der Waals surface area contributed by atoms with E-state index in [0.29, 0.717) is 12.8 Å². The van der Waals surface area contributed by atoms with Gasteiger partial charge >= 0.3 is 8.25 Å². The molecule has 0 aliphatic carbocycles. The highest BCUT2D eigenvalue weighted by Crippen LogP contribution is 2.23. The molecule has 6 heteroatoms. The van der Waals surface area contributed by atoms with E-state index in [2.05, 4.69) is 13.8 Å². The summed E-state index contributed by atoms with van der Waals surface area (Å²) < 4.78 is 21.0. The van der Waals surface area contributed by atoms with Crippen LogP contribution < -0.4 is 0 Å². The van der Waals surface area contributed by atoms with Crippen molar-refractivity contribution >= 4 is 19.8 Å². The predicted octanol–water partition coefficient (Wildman–Crippen LogP) is 3.71. The summed E-state index contributed by atoms with van der Waals surface area (Å²) in [5.41, 5.74) is 0. The van der Waals surface area contributed by atoms with Crippen LogP contribution in [0.2, 0.25) is 0 Å². The monoisotopic (exact) mass is 306 g/mol. The van der Waals surface area contributed by atoms with E-state index in [-0.39, 0.29) is 24.8 Å². The lowest BCUT2D eigenvalue weighted by Crippen LogP contribution is -2.08. The van der Waals surface area contributed by atoms with Gasteiger partial charge in [-0.2, -0.15) is 0 Å². The summed E-state index contributed by atoms with van der Waals surface area (Å²) in [5, 5.41) is 0. The van der Waals surface area contributed by atoms with Crippen LogP contribution in [-0.2, 0) is 23.2 Å². The molecule has 118 valence electrons. The first-order chi connectivity index (χ1) is 9.60. The zero-order valence-corrected chi connectivity index (χ0v) is 13.6. The molecule has 0 aromatic carbocycles. The third-order valence-corrected chi connectivity index (χ3v) is 3.58. The van der Waals surface area contributed by atoms with Gasteiger partial charge in [-0.1, -0.05) is 39.5 Å². The van der Waals surface area contributed by atoms with Crippen LogP contribution in [0.15, 0.2) is 0 Å². The lowest BCUT2D eigenvalue weighted by atomic mass is 10.1. The molecule has 0 saturated heterocycles. The minimum atomic E-state index is -2.73. The zero-order valence-electron chi connectivity index (χ0n) is 12.6. The topological polar surface area (TPSA) is 69.7 Å². The summed E-state index contributed by atoms with van der Waals surface area (Å²) in [5.74, 6) is -0.149. The zero-order chi connectivity index (χ0) is 15.2. The molecule has 0 aromatic heterocycles. The van der Waals surface area contributed by atoms with Crippen LogP contribution in [0.5, 0.6) is 0 Å². The van der Waals surface area contributed by atoms with Gasteiger partial charge in [0.05, 0.1) is 0 Å². The Bertz CT molecular complexity index is 276. The Morgan fingerprint density at radius 2 is 1.20 bits per heavy atom. The second kappa shape index (κ2) is 13.5. The first-order valence-electron chi connectivity index (χ1n) is 7.43. The van der Waals surface area contributed by atoms with Crippen LogP contribution in [0.4, 0.5) is 0 Å². The average Bonchev–Trinajstić information content (AvgIpc) is 2.43. The molecule has 0 aliphatic heterocycles. The second-order valence-corrected chi connectivity index (χ2v) is 5.90. The molecular weight excluding hydrogens is 279 g/mol. The van der Waals surface area contributed by atoms with Crippen molar-refractivity contribution in [1.82, 2.24) is 0 Å². The van der Waals surface area contributed by atoms with Crippen LogP contribution in [0.25, 0.3) is 0 Å². The standard InChI is InChI=1S/C14H27O5P/c1-3-5-7-9-13(15)11-18-20(17)19-12-14(16)10-8-6-4-2/h20H,3-12H2,1-2H3. The van der Waals surface area contributed by atoms with E-state index in [4.69, 9.17) is 9.05 Å². The number of unbranched alkanes of at least 4 members (excludes halogenated alkanes) is 4. The molecule has 5 nitrogen and oxygen atoms in total. The van der Waals surface area contributed by atoms with Gasteiger partial charge < -0.3 is 9.05 Å². The highest BCUT2D eigenvalue weighted by Gasteiger charge is 2.08. The first kappa shape index (κ1) is 19.5. The summed E-state index contributed by atoms with van der Waals surface area (Å²) in [4.78, 5) is 22.7. The minimum absolute atomic E-state index is 0.0744. The van der Waals surface area contributed by atoms with Crippen molar-refractivity contribution in [1.29, 1.82) is 0 Å². The number of hydrogen-bond donors (Lipinski definition) is 0. The number of rotatable bonds is 14. The smallest absolute Gasteiger partial charge is 0.303 e. The fraction of sp³-hybridized carbons (Fsp3) is 0.857. The SMILES string of the molecule is CCCCCC(=O)CO[PH](=O)OCC(=O)CCCCC. The highest BCUT2D eigenvalue weighted by molar-refractivity contribution is 7.33. The van der Waals surface area contributed by atoms with Gasteiger partial charge in [0.25, 0.3) is 0 Å². The fourth-order valence-corrected chi connectivity index (χ4v) is 2.25. The van der Waals surface area contributed by atoms with Crippen molar-refractivity contribution < 1.29 is 23.2 Å². The molecule has 0 N–H and O–H groups in total. The van der Waals surface area contributed by atoms with Gasteiger partial charge in [0.2, 0.25) is 0 Å². The van der Waals surface area contributed by atoms with Crippen LogP contribution in [0.1, 0.15) is 65.2 Å². The maximum absolute atomic E-state index is 11.4. The van der Waals surface area contributed by atoms with E-state index in [9.17, 15) is 14.2 Å². The molecule has 0 aromatic rings. The molecule has 0 heterocycles. The van der Waals surface area contributed by atoms with Crippen LogP contribution in [-0.4, -0.2) is 24.8 Å². The number of ketones is 2. The van der Waals surface area contributed by atoms with Gasteiger partial charge in [-0.15, -0.1) is 0 Å². The molecule has 0 saturated carbocycles. The van der Waals surface area contributed by atoms with Gasteiger partial charge in [0.15, 0.2) is 11.6 Å². The predicted molar refractivity (Wildman–Crippen MR) is 79.2 cm³/mol. The maximum Gasteiger partial charge on any atom is 0.319 e. The molecule has 0 atom stereocenters. The highest BCUT2D eigenvalue weighted by atomic mass is 31.1. The summed E-state index contributed by atoms with van der Waals surface area (Å²) >= 11 is 0. The molecule has 0 unspecified atom stereocenters. The van der Waals surface area contributed by atoms with E-state index in [1.165, 1.54) is 0 Å². The Kier molecular flexibility index (Phi) is 13.1. The lowest BCUT2D eigenvalue weighted by Gasteiger charge is -2.05. The Labute approximate surface area is 122 Å². The molecule has 0 amide bonds. The van der Waals surface area contributed by atoms with Crippen LogP contribution in [0, 0.1) is 0 Å². The van der Waals surface area contributed by atoms with Gasteiger partial charge in [0, 0.05) is 12.8 Å². The Morgan fingerprint density at radius 3 is 1.55 bits per heavy atom. The molecule has 0 spiro atoms. The Balaban J connectivity index is 3.57. The number of Topliss-reactive ketones (excluding diaryl/α,β-unsaturated/α-hetero) is 2. The lowest BCUT2D eigenvalue weighted by molar-refractivity contribution is -0.121. The van der Waals surface area contributed by atoms with Crippen molar-refractivity contribution in [2.24, 2.45) is 0 Å². The molecular formula is C14H27O5P. The molecule has 20 heavy (non-hydrogen) atoms. The van der Waals surface area contributed by atoms with E-state index in [0.717, 1.165) is 38.5 Å². The van der Waals surface area contributed by atoms with E-state index in [1.807, 2.05) is 0 Å². The van der Waals surface area contributed by atoms with Crippen molar-refractivity contribution in [2.45, 2.75) is 65.2 Å². The summed E-state index contributed by atoms with van der Waals surface area (Å²) in [6, 6.07) is 0. The number of hydrogen-bond acceptors (Lipinski definition) is 5. The van der Waals surface area contributed by atoms with Crippen molar-refractivity contribution in [3.05, 3.63) is 0 Å². The van der Waals surface area contributed by atoms with Crippen LogP contribution >= 0.6 is 8.25 Å². The molecule has 0 radical (unpaired) electrons. The van der Waals surface area contributed by atoms with Crippen molar-refractivity contribution in [3.63, 3.8) is 0 Å². The second-order valence-electron chi connectivity index (χ2n) is 4.82.